The maximum absolute atomic E-state index is 10.4. The Morgan fingerprint density at radius 1 is 1.30 bits per heavy atom. The molecule has 1 fully saturated rings. The first kappa shape index (κ1) is 14.8. The average Bonchev–Trinajstić information content (AvgIpc) is 2.47. The lowest BCUT2D eigenvalue weighted by Gasteiger charge is -2.31. The van der Waals surface area contributed by atoms with Gasteiger partial charge < -0.3 is 14.9 Å². The topological polar surface area (TPSA) is 73.5 Å². The van der Waals surface area contributed by atoms with Gasteiger partial charge in [-0.05, 0) is 30.5 Å². The smallest absolute Gasteiger partial charge is 0.119 e. The summed E-state index contributed by atoms with van der Waals surface area (Å²) < 4.78 is 5.67. The Morgan fingerprint density at radius 2 is 2.05 bits per heavy atom. The summed E-state index contributed by atoms with van der Waals surface area (Å²) in [6.07, 6.45) is 4.10. The standard InChI is InChI=1S/C16H21NO3/c17-10-7-15(18)13-5-4-6-14(11-13)20-12-16(19)8-2-1-3-9-16/h4-6,11,15,18-19H,1-3,7-9,12H2. The van der Waals surface area contributed by atoms with E-state index in [4.69, 9.17) is 10.00 Å². The zero-order valence-electron chi connectivity index (χ0n) is 11.6. The molecule has 2 rings (SSSR count). The average molecular weight is 275 g/mol. The largest absolute Gasteiger partial charge is 0.491 e. The van der Waals surface area contributed by atoms with E-state index in [9.17, 15) is 10.2 Å². The fourth-order valence-electron chi connectivity index (χ4n) is 2.59. The Hall–Kier alpha value is -1.57. The van der Waals surface area contributed by atoms with E-state index in [1.54, 1.807) is 24.3 Å². The number of hydrogen-bond acceptors (Lipinski definition) is 4. The number of ether oxygens (including phenoxy) is 1. The molecule has 4 nitrogen and oxygen atoms in total. The Bertz CT molecular complexity index is 475. The quantitative estimate of drug-likeness (QED) is 0.866. The second-order valence-corrected chi connectivity index (χ2v) is 5.52. The van der Waals surface area contributed by atoms with E-state index < -0.39 is 11.7 Å². The maximum atomic E-state index is 10.4. The summed E-state index contributed by atoms with van der Waals surface area (Å²) in [6.45, 7) is 0.283. The third-order valence-electron chi connectivity index (χ3n) is 3.82. The molecule has 0 spiro atoms. The molecule has 1 atom stereocenters. The van der Waals surface area contributed by atoms with Crippen LogP contribution >= 0.6 is 0 Å². The Balaban J connectivity index is 1.96. The van der Waals surface area contributed by atoms with Crippen molar-refractivity contribution in [2.24, 2.45) is 0 Å². The molecule has 20 heavy (non-hydrogen) atoms. The molecule has 1 aromatic rings. The Kier molecular flexibility index (Phi) is 4.99. The summed E-state index contributed by atoms with van der Waals surface area (Å²) in [4.78, 5) is 0. The van der Waals surface area contributed by atoms with Gasteiger partial charge in [0.2, 0.25) is 0 Å². The van der Waals surface area contributed by atoms with Gasteiger partial charge in [0.25, 0.3) is 0 Å². The minimum Gasteiger partial charge on any atom is -0.491 e. The molecule has 1 saturated carbocycles. The number of hydrogen-bond donors (Lipinski definition) is 2. The third-order valence-corrected chi connectivity index (χ3v) is 3.82. The van der Waals surface area contributed by atoms with Gasteiger partial charge in [0.05, 0.1) is 24.2 Å². The van der Waals surface area contributed by atoms with E-state index in [0.29, 0.717) is 11.3 Å². The van der Waals surface area contributed by atoms with Crippen LogP contribution in [0.1, 0.15) is 50.2 Å². The van der Waals surface area contributed by atoms with Gasteiger partial charge in [-0.25, -0.2) is 0 Å². The van der Waals surface area contributed by atoms with E-state index in [-0.39, 0.29) is 13.0 Å². The fraction of sp³-hybridized carbons (Fsp3) is 0.562. The molecule has 0 aromatic heterocycles. The minimum atomic E-state index is -0.790. The first-order valence-corrected chi connectivity index (χ1v) is 7.13. The van der Waals surface area contributed by atoms with Crippen LogP contribution in [-0.2, 0) is 0 Å². The van der Waals surface area contributed by atoms with Crippen LogP contribution in [-0.4, -0.2) is 22.4 Å². The van der Waals surface area contributed by atoms with Crippen LogP contribution in [0.25, 0.3) is 0 Å². The first-order valence-electron chi connectivity index (χ1n) is 7.13. The van der Waals surface area contributed by atoms with Crippen LogP contribution in [0, 0.1) is 11.3 Å². The third kappa shape index (κ3) is 3.96. The van der Waals surface area contributed by atoms with Gasteiger partial charge in [0, 0.05) is 0 Å². The van der Waals surface area contributed by atoms with Gasteiger partial charge in [0.1, 0.15) is 12.4 Å². The maximum Gasteiger partial charge on any atom is 0.119 e. The summed E-state index contributed by atoms with van der Waals surface area (Å²) in [6, 6.07) is 9.03. The molecular weight excluding hydrogens is 254 g/mol. The van der Waals surface area contributed by atoms with Crippen molar-refractivity contribution in [3.05, 3.63) is 29.8 Å². The van der Waals surface area contributed by atoms with Gasteiger partial charge in [-0.15, -0.1) is 0 Å². The lowest BCUT2D eigenvalue weighted by molar-refractivity contribution is -0.0339. The second-order valence-electron chi connectivity index (χ2n) is 5.52. The fourth-order valence-corrected chi connectivity index (χ4v) is 2.59. The molecule has 0 heterocycles. The SMILES string of the molecule is N#CCC(O)c1cccc(OCC2(O)CCCCC2)c1. The van der Waals surface area contributed by atoms with Crippen molar-refractivity contribution in [1.29, 1.82) is 5.26 Å². The molecule has 0 saturated heterocycles. The van der Waals surface area contributed by atoms with Crippen molar-refractivity contribution in [3.8, 4) is 11.8 Å². The summed E-state index contributed by atoms with van der Waals surface area (Å²) in [5.41, 5.74) is -0.0563. The normalized spacial score (nSPS) is 19.1. The zero-order chi connectivity index (χ0) is 14.4. The van der Waals surface area contributed by atoms with Crippen molar-refractivity contribution < 1.29 is 14.9 Å². The van der Waals surface area contributed by atoms with E-state index in [0.717, 1.165) is 25.7 Å². The van der Waals surface area contributed by atoms with Crippen molar-refractivity contribution in [1.82, 2.24) is 0 Å². The lowest BCUT2D eigenvalue weighted by Crippen LogP contribution is -2.37. The monoisotopic (exact) mass is 275 g/mol. The Morgan fingerprint density at radius 3 is 2.75 bits per heavy atom. The number of nitriles is 1. The van der Waals surface area contributed by atoms with Gasteiger partial charge >= 0.3 is 0 Å². The summed E-state index contributed by atoms with van der Waals surface area (Å²) >= 11 is 0. The molecule has 1 aromatic carbocycles. The molecule has 0 amide bonds. The van der Waals surface area contributed by atoms with E-state index in [1.165, 1.54) is 6.42 Å². The van der Waals surface area contributed by atoms with Crippen LogP contribution in [0.4, 0.5) is 0 Å². The predicted octanol–water partition coefficient (Wildman–Crippen LogP) is 2.71. The molecule has 0 bridgehead atoms. The molecule has 4 heteroatoms. The van der Waals surface area contributed by atoms with Crippen LogP contribution in [0.5, 0.6) is 5.75 Å². The Labute approximate surface area is 119 Å². The highest BCUT2D eigenvalue weighted by molar-refractivity contribution is 5.30. The van der Waals surface area contributed by atoms with Crippen molar-refractivity contribution >= 4 is 0 Å². The second kappa shape index (κ2) is 6.74. The number of rotatable bonds is 5. The first-order chi connectivity index (χ1) is 9.63. The van der Waals surface area contributed by atoms with E-state index >= 15 is 0 Å². The predicted molar refractivity (Wildman–Crippen MR) is 75.2 cm³/mol. The molecule has 0 aliphatic heterocycles. The molecule has 108 valence electrons. The zero-order valence-corrected chi connectivity index (χ0v) is 11.6. The number of nitrogens with zero attached hydrogens (tertiary/aromatic N) is 1. The summed E-state index contributed by atoms with van der Waals surface area (Å²) in [5, 5.41) is 28.8. The van der Waals surface area contributed by atoms with Crippen LogP contribution in [0.2, 0.25) is 0 Å². The highest BCUT2D eigenvalue weighted by atomic mass is 16.5. The van der Waals surface area contributed by atoms with Crippen molar-refractivity contribution in [3.63, 3.8) is 0 Å². The number of benzene rings is 1. The molecule has 1 unspecified atom stereocenters. The molecule has 0 radical (unpaired) electrons. The highest BCUT2D eigenvalue weighted by Gasteiger charge is 2.30. The van der Waals surface area contributed by atoms with Gasteiger partial charge in [-0.3, -0.25) is 0 Å². The van der Waals surface area contributed by atoms with Crippen LogP contribution in [0.3, 0.4) is 0 Å². The lowest BCUT2D eigenvalue weighted by atomic mass is 9.85. The van der Waals surface area contributed by atoms with Crippen LogP contribution < -0.4 is 4.74 Å². The van der Waals surface area contributed by atoms with Crippen LogP contribution in [0.15, 0.2) is 24.3 Å². The summed E-state index contributed by atoms with van der Waals surface area (Å²) in [5.74, 6) is 0.624. The summed E-state index contributed by atoms with van der Waals surface area (Å²) in [7, 11) is 0. The van der Waals surface area contributed by atoms with Gasteiger partial charge in [-0.2, -0.15) is 5.26 Å². The van der Waals surface area contributed by atoms with Gasteiger partial charge in [0.15, 0.2) is 0 Å². The molecular formula is C16H21NO3. The van der Waals surface area contributed by atoms with E-state index in [1.807, 2.05) is 6.07 Å². The van der Waals surface area contributed by atoms with Crippen molar-refractivity contribution in [2.75, 3.05) is 6.61 Å². The van der Waals surface area contributed by atoms with E-state index in [2.05, 4.69) is 0 Å². The van der Waals surface area contributed by atoms with Gasteiger partial charge in [-0.1, -0.05) is 31.4 Å². The highest BCUT2D eigenvalue weighted by Crippen LogP contribution is 2.29. The van der Waals surface area contributed by atoms with Crippen molar-refractivity contribution in [2.45, 2.75) is 50.2 Å². The molecule has 2 N–H and O–H groups in total. The minimum absolute atomic E-state index is 0.0629. The molecule has 1 aliphatic carbocycles. The number of aliphatic hydroxyl groups excluding tert-OH is 1. The number of aliphatic hydroxyl groups is 2. The molecule has 1 aliphatic rings.